The van der Waals surface area contributed by atoms with Crippen LogP contribution < -0.4 is 5.32 Å². The molecule has 0 bridgehead atoms. The van der Waals surface area contributed by atoms with Crippen LogP contribution in [-0.4, -0.2) is 37.1 Å². The van der Waals surface area contributed by atoms with Gasteiger partial charge in [0.2, 0.25) is 0 Å². The summed E-state index contributed by atoms with van der Waals surface area (Å²) < 4.78 is 0. The van der Waals surface area contributed by atoms with Gasteiger partial charge in [-0.25, -0.2) is 0 Å². The largest absolute Gasteiger partial charge is 0.317 e. The summed E-state index contributed by atoms with van der Waals surface area (Å²) in [5.74, 6) is 0. The molecule has 1 saturated carbocycles. The highest BCUT2D eigenvalue weighted by atomic mass is 15.2. The van der Waals surface area contributed by atoms with Crippen molar-refractivity contribution in [2.45, 2.75) is 58.4 Å². The molecule has 0 atom stereocenters. The average molecular weight is 212 g/mol. The molecule has 0 radical (unpaired) electrons. The van der Waals surface area contributed by atoms with E-state index in [-0.39, 0.29) is 0 Å². The smallest absolute Gasteiger partial charge is 0.00964 e. The molecule has 1 aliphatic carbocycles. The minimum Gasteiger partial charge on any atom is -0.317 e. The van der Waals surface area contributed by atoms with E-state index in [0.29, 0.717) is 0 Å². The first kappa shape index (κ1) is 13.0. The molecule has 0 aromatic heterocycles. The van der Waals surface area contributed by atoms with E-state index in [9.17, 15) is 0 Å². The molecule has 90 valence electrons. The molecule has 0 spiro atoms. The highest BCUT2D eigenvalue weighted by Crippen LogP contribution is 2.26. The number of rotatable bonds is 10. The Hall–Kier alpha value is -0.0800. The quantitative estimate of drug-likeness (QED) is 0.560. The molecule has 1 aliphatic rings. The zero-order valence-corrected chi connectivity index (χ0v) is 10.6. The second kappa shape index (κ2) is 8.12. The molecular formula is C13H28N2. The van der Waals surface area contributed by atoms with Crippen LogP contribution in [0.1, 0.15) is 52.4 Å². The highest BCUT2D eigenvalue weighted by molar-refractivity contribution is 4.84. The van der Waals surface area contributed by atoms with Crippen LogP contribution >= 0.6 is 0 Å². The average Bonchev–Trinajstić information content (AvgIpc) is 3.06. The summed E-state index contributed by atoms with van der Waals surface area (Å²) in [7, 11) is 0. The molecule has 1 rings (SSSR count). The summed E-state index contributed by atoms with van der Waals surface area (Å²) in [5.41, 5.74) is 0. The van der Waals surface area contributed by atoms with Crippen LogP contribution in [0.25, 0.3) is 0 Å². The van der Waals surface area contributed by atoms with Gasteiger partial charge in [-0.05, 0) is 58.3 Å². The van der Waals surface area contributed by atoms with Gasteiger partial charge in [0, 0.05) is 6.04 Å². The van der Waals surface area contributed by atoms with E-state index in [2.05, 4.69) is 24.1 Å². The summed E-state index contributed by atoms with van der Waals surface area (Å²) in [5, 5.41) is 3.48. The zero-order chi connectivity index (χ0) is 10.9. The normalized spacial score (nSPS) is 16.2. The first-order chi connectivity index (χ1) is 7.38. The van der Waals surface area contributed by atoms with Gasteiger partial charge in [0.15, 0.2) is 0 Å². The Bertz CT molecular complexity index is 143. The predicted molar refractivity (Wildman–Crippen MR) is 67.3 cm³/mol. The standard InChI is InChI=1S/C13H28N2/c1-3-5-11-15(13-7-8-13)12-6-10-14-9-4-2/h13-14H,3-12H2,1-2H3. The lowest BCUT2D eigenvalue weighted by Crippen LogP contribution is -2.30. The third-order valence-corrected chi connectivity index (χ3v) is 3.09. The van der Waals surface area contributed by atoms with Crippen molar-refractivity contribution in [2.75, 3.05) is 26.2 Å². The van der Waals surface area contributed by atoms with E-state index in [1.165, 1.54) is 64.7 Å². The fourth-order valence-corrected chi connectivity index (χ4v) is 1.99. The van der Waals surface area contributed by atoms with Crippen LogP contribution in [-0.2, 0) is 0 Å². The van der Waals surface area contributed by atoms with Crippen molar-refractivity contribution in [1.82, 2.24) is 10.2 Å². The van der Waals surface area contributed by atoms with E-state index in [4.69, 9.17) is 0 Å². The molecule has 0 amide bonds. The fraction of sp³-hybridized carbons (Fsp3) is 1.00. The summed E-state index contributed by atoms with van der Waals surface area (Å²) in [6, 6.07) is 0.947. The Balaban J connectivity index is 1.98. The van der Waals surface area contributed by atoms with Crippen molar-refractivity contribution in [3.05, 3.63) is 0 Å². The fourth-order valence-electron chi connectivity index (χ4n) is 1.99. The SMILES string of the molecule is CCCCN(CCCNCCC)C1CC1. The molecule has 0 aliphatic heterocycles. The molecule has 2 heteroatoms. The van der Waals surface area contributed by atoms with Crippen LogP contribution in [0.2, 0.25) is 0 Å². The van der Waals surface area contributed by atoms with E-state index < -0.39 is 0 Å². The second-order valence-corrected chi connectivity index (χ2v) is 4.72. The molecule has 1 fully saturated rings. The Morgan fingerprint density at radius 1 is 1.00 bits per heavy atom. The van der Waals surface area contributed by atoms with E-state index in [0.717, 1.165) is 6.04 Å². The Morgan fingerprint density at radius 2 is 1.73 bits per heavy atom. The predicted octanol–water partition coefficient (Wildman–Crippen LogP) is 2.64. The number of hydrogen-bond acceptors (Lipinski definition) is 2. The van der Waals surface area contributed by atoms with Gasteiger partial charge >= 0.3 is 0 Å². The minimum atomic E-state index is 0.947. The van der Waals surface area contributed by atoms with Crippen LogP contribution in [0.3, 0.4) is 0 Å². The molecule has 2 nitrogen and oxygen atoms in total. The molecule has 15 heavy (non-hydrogen) atoms. The summed E-state index contributed by atoms with van der Waals surface area (Å²) >= 11 is 0. The van der Waals surface area contributed by atoms with Crippen molar-refractivity contribution in [1.29, 1.82) is 0 Å². The van der Waals surface area contributed by atoms with Gasteiger partial charge in [0.1, 0.15) is 0 Å². The summed E-state index contributed by atoms with van der Waals surface area (Å²) in [6.45, 7) is 9.52. The Kier molecular flexibility index (Phi) is 7.03. The Morgan fingerprint density at radius 3 is 2.33 bits per heavy atom. The van der Waals surface area contributed by atoms with Crippen molar-refractivity contribution < 1.29 is 0 Å². The van der Waals surface area contributed by atoms with Gasteiger partial charge in [0.25, 0.3) is 0 Å². The number of nitrogens with zero attached hydrogens (tertiary/aromatic N) is 1. The molecule has 0 saturated heterocycles. The minimum absolute atomic E-state index is 0.947. The molecule has 0 aromatic rings. The van der Waals surface area contributed by atoms with Gasteiger partial charge in [-0.15, -0.1) is 0 Å². The third-order valence-electron chi connectivity index (χ3n) is 3.09. The van der Waals surface area contributed by atoms with Crippen molar-refractivity contribution in [3.63, 3.8) is 0 Å². The number of nitrogens with one attached hydrogen (secondary N) is 1. The van der Waals surface area contributed by atoms with E-state index in [1.807, 2.05) is 0 Å². The van der Waals surface area contributed by atoms with E-state index in [1.54, 1.807) is 0 Å². The van der Waals surface area contributed by atoms with Crippen LogP contribution in [0.4, 0.5) is 0 Å². The molecule has 0 aromatic carbocycles. The summed E-state index contributed by atoms with van der Waals surface area (Å²) in [4.78, 5) is 2.71. The Labute approximate surface area is 95.4 Å². The van der Waals surface area contributed by atoms with Crippen molar-refractivity contribution in [2.24, 2.45) is 0 Å². The van der Waals surface area contributed by atoms with Gasteiger partial charge < -0.3 is 10.2 Å². The lowest BCUT2D eigenvalue weighted by Gasteiger charge is -2.21. The maximum Gasteiger partial charge on any atom is 0.00964 e. The number of hydrogen-bond donors (Lipinski definition) is 1. The number of unbranched alkanes of at least 4 members (excludes halogenated alkanes) is 1. The molecular weight excluding hydrogens is 184 g/mol. The van der Waals surface area contributed by atoms with Gasteiger partial charge in [0.05, 0.1) is 0 Å². The molecule has 0 unspecified atom stereocenters. The monoisotopic (exact) mass is 212 g/mol. The maximum atomic E-state index is 3.48. The molecule has 1 N–H and O–H groups in total. The maximum absolute atomic E-state index is 3.48. The van der Waals surface area contributed by atoms with Gasteiger partial charge in [-0.2, -0.15) is 0 Å². The van der Waals surface area contributed by atoms with Gasteiger partial charge in [-0.1, -0.05) is 20.3 Å². The lowest BCUT2D eigenvalue weighted by atomic mass is 10.3. The lowest BCUT2D eigenvalue weighted by molar-refractivity contribution is 0.255. The van der Waals surface area contributed by atoms with E-state index >= 15 is 0 Å². The van der Waals surface area contributed by atoms with Crippen LogP contribution in [0.15, 0.2) is 0 Å². The van der Waals surface area contributed by atoms with Crippen LogP contribution in [0, 0.1) is 0 Å². The highest BCUT2D eigenvalue weighted by Gasteiger charge is 2.27. The van der Waals surface area contributed by atoms with Crippen molar-refractivity contribution >= 4 is 0 Å². The van der Waals surface area contributed by atoms with Gasteiger partial charge in [-0.3, -0.25) is 0 Å². The first-order valence-corrected chi connectivity index (χ1v) is 6.83. The zero-order valence-electron chi connectivity index (χ0n) is 10.6. The first-order valence-electron chi connectivity index (χ1n) is 6.83. The third kappa shape index (κ3) is 6.16. The second-order valence-electron chi connectivity index (χ2n) is 4.72. The van der Waals surface area contributed by atoms with Crippen molar-refractivity contribution in [3.8, 4) is 0 Å². The van der Waals surface area contributed by atoms with Crippen LogP contribution in [0.5, 0.6) is 0 Å². The molecule has 0 heterocycles. The summed E-state index contributed by atoms with van der Waals surface area (Å²) in [6.07, 6.45) is 8.18. The topological polar surface area (TPSA) is 15.3 Å².